The van der Waals surface area contributed by atoms with Crippen LogP contribution in [0.1, 0.15) is 23.7 Å². The number of carboxylic acids is 1. The van der Waals surface area contributed by atoms with Crippen LogP contribution in [0, 0.1) is 27.3 Å². The van der Waals surface area contributed by atoms with E-state index in [1.54, 1.807) is 6.92 Å². The maximum atomic E-state index is 13.9. The van der Waals surface area contributed by atoms with Crippen LogP contribution in [0.4, 0.5) is 15.8 Å². The SMILES string of the molecule is CC(CC#N)N(C)c1cc(C(=O)O)c([N+](=O)[O-])cc1F. The van der Waals surface area contributed by atoms with E-state index in [4.69, 9.17) is 10.4 Å². The van der Waals surface area contributed by atoms with Gasteiger partial charge in [-0.05, 0) is 13.0 Å². The zero-order valence-electron chi connectivity index (χ0n) is 10.8. The third-order valence-corrected chi connectivity index (χ3v) is 2.92. The third kappa shape index (κ3) is 3.00. The Labute approximate surface area is 114 Å². The Morgan fingerprint density at radius 3 is 2.70 bits per heavy atom. The predicted octanol–water partition coefficient (Wildman–Crippen LogP) is 2.17. The minimum Gasteiger partial charge on any atom is -0.477 e. The molecular formula is C12H12FN3O4. The minimum atomic E-state index is -1.51. The van der Waals surface area contributed by atoms with E-state index in [0.29, 0.717) is 6.07 Å². The lowest BCUT2D eigenvalue weighted by atomic mass is 10.1. The molecule has 20 heavy (non-hydrogen) atoms. The number of nitro groups is 1. The maximum absolute atomic E-state index is 13.9. The van der Waals surface area contributed by atoms with Gasteiger partial charge in [0.2, 0.25) is 0 Å². The quantitative estimate of drug-likeness (QED) is 0.654. The molecule has 1 aromatic rings. The number of carboxylic acid groups (broad SMARTS) is 1. The van der Waals surface area contributed by atoms with E-state index >= 15 is 0 Å². The Kier molecular flexibility index (Phi) is 4.59. The van der Waals surface area contributed by atoms with E-state index in [0.717, 1.165) is 6.07 Å². The summed E-state index contributed by atoms with van der Waals surface area (Å²) in [5.41, 5.74) is -1.50. The van der Waals surface area contributed by atoms with Gasteiger partial charge in [-0.2, -0.15) is 5.26 Å². The highest BCUT2D eigenvalue weighted by atomic mass is 19.1. The molecule has 8 heteroatoms. The topological polar surface area (TPSA) is 107 Å². The van der Waals surface area contributed by atoms with Crippen LogP contribution in [-0.4, -0.2) is 29.1 Å². The summed E-state index contributed by atoms with van der Waals surface area (Å²) in [6.07, 6.45) is 0.106. The van der Waals surface area contributed by atoms with E-state index < -0.39 is 28.0 Å². The largest absolute Gasteiger partial charge is 0.477 e. The summed E-state index contributed by atoms with van der Waals surface area (Å²) in [6, 6.07) is 3.04. The number of halogens is 1. The second kappa shape index (κ2) is 5.97. The Balaban J connectivity index is 3.36. The van der Waals surface area contributed by atoms with Crippen molar-refractivity contribution >= 4 is 17.3 Å². The van der Waals surface area contributed by atoms with Crippen LogP contribution in [0.3, 0.4) is 0 Å². The summed E-state index contributed by atoms with van der Waals surface area (Å²) < 4.78 is 13.9. The fourth-order valence-corrected chi connectivity index (χ4v) is 1.65. The number of aromatic carboxylic acids is 1. The molecule has 1 unspecified atom stereocenters. The predicted molar refractivity (Wildman–Crippen MR) is 68.1 cm³/mol. The molecule has 0 fully saturated rings. The second-order valence-electron chi connectivity index (χ2n) is 4.21. The monoisotopic (exact) mass is 281 g/mol. The lowest BCUT2D eigenvalue weighted by molar-refractivity contribution is -0.385. The van der Waals surface area contributed by atoms with Gasteiger partial charge in [0, 0.05) is 13.1 Å². The highest BCUT2D eigenvalue weighted by Gasteiger charge is 2.25. The van der Waals surface area contributed by atoms with Crippen molar-refractivity contribution < 1.29 is 19.2 Å². The maximum Gasteiger partial charge on any atom is 0.342 e. The van der Waals surface area contributed by atoms with Gasteiger partial charge in [-0.25, -0.2) is 9.18 Å². The van der Waals surface area contributed by atoms with Crippen molar-refractivity contribution in [2.75, 3.05) is 11.9 Å². The first kappa shape index (κ1) is 15.4. The molecule has 106 valence electrons. The Hall–Kier alpha value is -2.69. The molecular weight excluding hydrogens is 269 g/mol. The number of hydrogen-bond acceptors (Lipinski definition) is 5. The van der Waals surface area contributed by atoms with Crippen LogP contribution >= 0.6 is 0 Å². The fraction of sp³-hybridized carbons (Fsp3) is 0.333. The summed E-state index contributed by atoms with van der Waals surface area (Å²) in [4.78, 5) is 22.1. The third-order valence-electron chi connectivity index (χ3n) is 2.92. The van der Waals surface area contributed by atoms with Crippen LogP contribution in [0.2, 0.25) is 0 Å². The van der Waals surface area contributed by atoms with E-state index in [-0.39, 0.29) is 18.2 Å². The average molecular weight is 281 g/mol. The number of nitrogens with zero attached hydrogens (tertiary/aromatic N) is 3. The number of rotatable bonds is 5. The van der Waals surface area contributed by atoms with Gasteiger partial charge in [0.1, 0.15) is 5.56 Å². The highest BCUT2D eigenvalue weighted by Crippen LogP contribution is 2.29. The van der Waals surface area contributed by atoms with E-state index in [2.05, 4.69) is 0 Å². The molecule has 0 saturated heterocycles. The van der Waals surface area contributed by atoms with Crippen molar-refractivity contribution in [3.8, 4) is 6.07 Å². The summed E-state index contributed by atoms with van der Waals surface area (Å²) >= 11 is 0. The molecule has 0 heterocycles. The first-order valence-corrected chi connectivity index (χ1v) is 5.60. The van der Waals surface area contributed by atoms with Crippen LogP contribution < -0.4 is 4.90 Å². The van der Waals surface area contributed by atoms with Crippen LogP contribution in [0.25, 0.3) is 0 Å². The lowest BCUT2D eigenvalue weighted by Crippen LogP contribution is -2.29. The Morgan fingerprint density at radius 1 is 1.65 bits per heavy atom. The molecule has 0 aromatic heterocycles. The number of benzene rings is 1. The second-order valence-corrected chi connectivity index (χ2v) is 4.21. The molecule has 1 N–H and O–H groups in total. The van der Waals surface area contributed by atoms with Gasteiger partial charge in [0.05, 0.1) is 29.2 Å². The van der Waals surface area contributed by atoms with E-state index in [1.807, 2.05) is 6.07 Å². The molecule has 0 saturated carbocycles. The van der Waals surface area contributed by atoms with Gasteiger partial charge >= 0.3 is 5.97 Å². The summed E-state index contributed by atoms with van der Waals surface area (Å²) in [6.45, 7) is 1.66. The zero-order valence-corrected chi connectivity index (χ0v) is 10.8. The number of nitro benzene ring substituents is 1. The Morgan fingerprint density at radius 2 is 2.25 bits per heavy atom. The molecule has 0 spiro atoms. The molecule has 0 aliphatic heterocycles. The first-order chi connectivity index (χ1) is 9.29. The lowest BCUT2D eigenvalue weighted by Gasteiger charge is -2.25. The molecule has 1 aromatic carbocycles. The molecule has 0 aliphatic rings. The van der Waals surface area contributed by atoms with Gasteiger partial charge in [0.25, 0.3) is 5.69 Å². The van der Waals surface area contributed by atoms with Crippen molar-refractivity contribution in [3.05, 3.63) is 33.6 Å². The van der Waals surface area contributed by atoms with Gasteiger partial charge in [-0.3, -0.25) is 10.1 Å². The summed E-state index contributed by atoms with van der Waals surface area (Å²) in [5.74, 6) is -2.42. The minimum absolute atomic E-state index is 0.101. The van der Waals surface area contributed by atoms with Gasteiger partial charge < -0.3 is 10.0 Å². The van der Waals surface area contributed by atoms with Gasteiger partial charge in [-0.1, -0.05) is 0 Å². The molecule has 0 bridgehead atoms. The van der Waals surface area contributed by atoms with Crippen molar-refractivity contribution in [3.63, 3.8) is 0 Å². The zero-order chi connectivity index (χ0) is 15.4. The van der Waals surface area contributed by atoms with Crippen molar-refractivity contribution in [1.29, 1.82) is 5.26 Å². The van der Waals surface area contributed by atoms with E-state index in [1.165, 1.54) is 11.9 Å². The van der Waals surface area contributed by atoms with Crippen molar-refractivity contribution in [2.24, 2.45) is 0 Å². The molecule has 1 rings (SSSR count). The molecule has 0 aliphatic carbocycles. The van der Waals surface area contributed by atoms with Gasteiger partial charge in [-0.15, -0.1) is 0 Å². The smallest absolute Gasteiger partial charge is 0.342 e. The summed E-state index contributed by atoms with van der Waals surface area (Å²) in [5, 5.41) is 28.3. The molecule has 0 radical (unpaired) electrons. The van der Waals surface area contributed by atoms with Crippen molar-refractivity contribution in [2.45, 2.75) is 19.4 Å². The first-order valence-electron chi connectivity index (χ1n) is 5.60. The van der Waals surface area contributed by atoms with Crippen LogP contribution in [-0.2, 0) is 0 Å². The number of hydrogen-bond donors (Lipinski definition) is 1. The number of anilines is 1. The van der Waals surface area contributed by atoms with Gasteiger partial charge in [0.15, 0.2) is 5.82 Å². The van der Waals surface area contributed by atoms with Crippen molar-refractivity contribution in [1.82, 2.24) is 0 Å². The van der Waals surface area contributed by atoms with Crippen LogP contribution in [0.5, 0.6) is 0 Å². The number of nitriles is 1. The van der Waals surface area contributed by atoms with Crippen LogP contribution in [0.15, 0.2) is 12.1 Å². The fourth-order valence-electron chi connectivity index (χ4n) is 1.65. The molecule has 0 amide bonds. The van der Waals surface area contributed by atoms with E-state index in [9.17, 15) is 19.3 Å². The standard InChI is InChI=1S/C12H12FN3O4/c1-7(3-4-14)15(2)11-5-8(12(17)18)10(16(19)20)6-9(11)13/h5-7H,3H2,1-2H3,(H,17,18). The average Bonchev–Trinajstić information content (AvgIpc) is 2.37. The normalized spacial score (nSPS) is 11.5. The Bertz CT molecular complexity index is 597. The molecule has 7 nitrogen and oxygen atoms in total. The summed E-state index contributed by atoms with van der Waals surface area (Å²) in [7, 11) is 1.48. The highest BCUT2D eigenvalue weighted by molar-refractivity contribution is 5.93. The molecule has 1 atom stereocenters. The number of carbonyl (C=O) groups is 1.